The lowest BCUT2D eigenvalue weighted by atomic mass is 10.4. The second kappa shape index (κ2) is 8.11. The molecule has 0 fully saturated rings. The molecule has 7 heteroatoms. The van der Waals surface area contributed by atoms with E-state index in [1.165, 1.54) is 0 Å². The molecule has 0 unspecified atom stereocenters. The number of primary amides is 2. The predicted molar refractivity (Wildman–Crippen MR) is 48.6 cm³/mol. The van der Waals surface area contributed by atoms with Crippen molar-refractivity contribution in [2.45, 2.75) is 6.42 Å². The van der Waals surface area contributed by atoms with Crippen molar-refractivity contribution in [3.63, 3.8) is 0 Å². The number of nitrogens with one attached hydrogen (secondary N) is 1. The van der Waals surface area contributed by atoms with Crippen LogP contribution in [0.25, 0.3) is 0 Å². The van der Waals surface area contributed by atoms with Crippen LogP contribution in [-0.4, -0.2) is 38.5 Å². The van der Waals surface area contributed by atoms with Gasteiger partial charge in [0.05, 0.1) is 6.61 Å². The summed E-state index contributed by atoms with van der Waals surface area (Å²) in [6.45, 7) is 1.67. The lowest BCUT2D eigenvalue weighted by Crippen LogP contribution is -2.25. The first kappa shape index (κ1) is 12.5. The zero-order chi connectivity index (χ0) is 10.8. The standard InChI is InChI=1S/C7H15N3O4/c8-6(11)13-4-1-2-10-3-5-14-7(9)12/h10H,1-5H2,(H2,8,11)(H2,9,12). The zero-order valence-corrected chi connectivity index (χ0v) is 7.82. The molecule has 0 rings (SSSR count). The average Bonchev–Trinajstić information content (AvgIpc) is 2.08. The largest absolute Gasteiger partial charge is 0.450 e. The molecule has 0 bridgehead atoms. The number of amides is 2. The van der Waals surface area contributed by atoms with Crippen molar-refractivity contribution in [2.75, 3.05) is 26.3 Å². The van der Waals surface area contributed by atoms with Crippen LogP contribution in [0.15, 0.2) is 0 Å². The maximum atomic E-state index is 10.1. The van der Waals surface area contributed by atoms with Crippen LogP contribution in [0.2, 0.25) is 0 Å². The van der Waals surface area contributed by atoms with Crippen LogP contribution in [0.1, 0.15) is 6.42 Å². The summed E-state index contributed by atoms with van der Waals surface area (Å²) >= 11 is 0. The minimum atomic E-state index is -0.788. The lowest BCUT2D eigenvalue weighted by molar-refractivity contribution is 0.151. The van der Waals surface area contributed by atoms with Gasteiger partial charge in [0.1, 0.15) is 6.61 Å². The first-order valence-corrected chi connectivity index (χ1v) is 4.18. The van der Waals surface area contributed by atoms with Crippen LogP contribution >= 0.6 is 0 Å². The van der Waals surface area contributed by atoms with E-state index in [9.17, 15) is 9.59 Å². The molecule has 0 saturated heterocycles. The Morgan fingerprint density at radius 1 is 1.00 bits per heavy atom. The van der Waals surface area contributed by atoms with E-state index in [0.29, 0.717) is 19.5 Å². The van der Waals surface area contributed by atoms with Gasteiger partial charge in [0.15, 0.2) is 0 Å². The maximum Gasteiger partial charge on any atom is 0.404 e. The highest BCUT2D eigenvalue weighted by Crippen LogP contribution is 1.80. The average molecular weight is 205 g/mol. The van der Waals surface area contributed by atoms with E-state index < -0.39 is 12.2 Å². The second-order valence-electron chi connectivity index (χ2n) is 2.44. The van der Waals surface area contributed by atoms with Crippen LogP contribution in [0.4, 0.5) is 9.59 Å². The van der Waals surface area contributed by atoms with Crippen molar-refractivity contribution in [1.29, 1.82) is 0 Å². The Kier molecular flexibility index (Phi) is 7.24. The summed E-state index contributed by atoms with van der Waals surface area (Å²) in [5, 5.41) is 2.95. The van der Waals surface area contributed by atoms with E-state index >= 15 is 0 Å². The highest BCUT2D eigenvalue weighted by Gasteiger charge is 1.94. The number of hydrogen-bond donors (Lipinski definition) is 3. The highest BCUT2D eigenvalue weighted by molar-refractivity contribution is 5.64. The first-order valence-electron chi connectivity index (χ1n) is 4.18. The molecule has 7 nitrogen and oxygen atoms in total. The minimum absolute atomic E-state index is 0.228. The third kappa shape index (κ3) is 10.5. The fraction of sp³-hybridized carbons (Fsp3) is 0.714. The summed E-state index contributed by atoms with van der Waals surface area (Å²) in [6.07, 6.45) is -0.912. The molecule has 0 aromatic rings. The summed E-state index contributed by atoms with van der Waals surface area (Å²) in [5.74, 6) is 0. The second-order valence-corrected chi connectivity index (χ2v) is 2.44. The molecule has 0 radical (unpaired) electrons. The molecule has 0 aliphatic rings. The summed E-state index contributed by atoms with van der Waals surface area (Å²) in [7, 11) is 0. The van der Waals surface area contributed by atoms with E-state index in [0.717, 1.165) is 0 Å². The molecule has 0 aromatic heterocycles. The van der Waals surface area contributed by atoms with Crippen molar-refractivity contribution in [3.8, 4) is 0 Å². The Balaban J connectivity index is 2.99. The van der Waals surface area contributed by atoms with E-state index in [1.807, 2.05) is 0 Å². The van der Waals surface area contributed by atoms with Crippen molar-refractivity contribution >= 4 is 12.2 Å². The molecule has 5 N–H and O–H groups in total. The zero-order valence-electron chi connectivity index (χ0n) is 7.82. The minimum Gasteiger partial charge on any atom is -0.450 e. The summed E-state index contributed by atoms with van der Waals surface area (Å²) in [5.41, 5.74) is 9.46. The molecule has 14 heavy (non-hydrogen) atoms. The normalized spacial score (nSPS) is 9.43. The summed E-state index contributed by atoms with van der Waals surface area (Å²) in [6, 6.07) is 0. The van der Waals surface area contributed by atoms with Gasteiger partial charge >= 0.3 is 12.2 Å². The fourth-order valence-corrected chi connectivity index (χ4v) is 0.719. The van der Waals surface area contributed by atoms with Gasteiger partial charge in [0.25, 0.3) is 0 Å². The van der Waals surface area contributed by atoms with E-state index in [4.69, 9.17) is 11.5 Å². The molecule has 0 aliphatic heterocycles. The van der Waals surface area contributed by atoms with Gasteiger partial charge < -0.3 is 26.3 Å². The molecule has 82 valence electrons. The topological polar surface area (TPSA) is 117 Å². The molecule has 0 heterocycles. The molecule has 0 aliphatic carbocycles. The Morgan fingerprint density at radius 2 is 1.57 bits per heavy atom. The smallest absolute Gasteiger partial charge is 0.404 e. The SMILES string of the molecule is NC(=O)OCCCNCCOC(N)=O. The van der Waals surface area contributed by atoms with Gasteiger partial charge in [-0.2, -0.15) is 0 Å². The molecule has 0 atom stereocenters. The Morgan fingerprint density at radius 3 is 2.14 bits per heavy atom. The van der Waals surface area contributed by atoms with Crippen LogP contribution in [0.5, 0.6) is 0 Å². The molecule has 0 aromatic carbocycles. The van der Waals surface area contributed by atoms with Crippen molar-refractivity contribution in [3.05, 3.63) is 0 Å². The third-order valence-electron chi connectivity index (χ3n) is 1.27. The summed E-state index contributed by atoms with van der Waals surface area (Å²) in [4.78, 5) is 20.2. The van der Waals surface area contributed by atoms with Crippen molar-refractivity contribution in [1.82, 2.24) is 5.32 Å². The number of hydrogen-bond acceptors (Lipinski definition) is 5. The molecule has 2 amide bonds. The molecule has 0 spiro atoms. The van der Waals surface area contributed by atoms with Crippen molar-refractivity contribution < 1.29 is 19.1 Å². The molecular formula is C7H15N3O4. The van der Waals surface area contributed by atoms with Crippen molar-refractivity contribution in [2.24, 2.45) is 11.5 Å². The Hall–Kier alpha value is -1.50. The molecular weight excluding hydrogens is 190 g/mol. The Labute approximate surface area is 81.7 Å². The lowest BCUT2D eigenvalue weighted by Gasteiger charge is -2.04. The summed E-state index contributed by atoms with van der Waals surface area (Å²) < 4.78 is 8.94. The molecule has 0 saturated carbocycles. The van der Waals surface area contributed by atoms with E-state index in [1.54, 1.807) is 0 Å². The number of carbonyl (C=O) groups is 2. The van der Waals surface area contributed by atoms with Crippen LogP contribution in [-0.2, 0) is 9.47 Å². The van der Waals surface area contributed by atoms with Crippen LogP contribution in [0, 0.1) is 0 Å². The predicted octanol–water partition coefficient (Wildman–Crippen LogP) is -0.843. The van der Waals surface area contributed by atoms with E-state index in [-0.39, 0.29) is 13.2 Å². The number of rotatable bonds is 7. The van der Waals surface area contributed by atoms with Gasteiger partial charge in [-0.1, -0.05) is 0 Å². The van der Waals surface area contributed by atoms with Crippen LogP contribution in [0.3, 0.4) is 0 Å². The van der Waals surface area contributed by atoms with Gasteiger partial charge in [0, 0.05) is 6.54 Å². The van der Waals surface area contributed by atoms with Gasteiger partial charge in [-0.3, -0.25) is 0 Å². The van der Waals surface area contributed by atoms with Gasteiger partial charge in [0.2, 0.25) is 0 Å². The third-order valence-corrected chi connectivity index (χ3v) is 1.27. The maximum absolute atomic E-state index is 10.1. The fourth-order valence-electron chi connectivity index (χ4n) is 0.719. The van der Waals surface area contributed by atoms with Gasteiger partial charge in [-0.25, -0.2) is 9.59 Å². The van der Waals surface area contributed by atoms with E-state index in [2.05, 4.69) is 14.8 Å². The quantitative estimate of drug-likeness (QED) is 0.468. The van der Waals surface area contributed by atoms with Gasteiger partial charge in [-0.05, 0) is 13.0 Å². The van der Waals surface area contributed by atoms with Crippen LogP contribution < -0.4 is 16.8 Å². The number of ether oxygens (including phenoxy) is 2. The highest BCUT2D eigenvalue weighted by atomic mass is 16.5. The number of carbonyl (C=O) groups excluding carboxylic acids is 2. The monoisotopic (exact) mass is 205 g/mol. The van der Waals surface area contributed by atoms with Gasteiger partial charge in [-0.15, -0.1) is 0 Å². The number of nitrogens with two attached hydrogens (primary N) is 2. The Bertz CT molecular complexity index is 166. The first-order chi connectivity index (χ1) is 6.63.